The Bertz CT molecular complexity index is 487. The molecule has 0 aliphatic heterocycles. The van der Waals surface area contributed by atoms with Crippen LogP contribution in [0.2, 0.25) is 0 Å². The topological polar surface area (TPSA) is 73.2 Å². The molecule has 0 saturated heterocycles. The van der Waals surface area contributed by atoms with Gasteiger partial charge >= 0.3 is 0 Å². The molecule has 1 N–H and O–H groups in total. The summed E-state index contributed by atoms with van der Waals surface area (Å²) in [6.07, 6.45) is 2.14. The van der Waals surface area contributed by atoms with E-state index in [9.17, 15) is 8.42 Å². The summed E-state index contributed by atoms with van der Waals surface area (Å²) in [6, 6.07) is 0. The standard InChI is InChI=1S/C11H20ClN3O3S/c1-3-15-9-11(14-10(15)2)19(16,17)13-6-4-7-18-8-5-12/h9,13H,3-8H2,1-2H3. The van der Waals surface area contributed by atoms with Crippen LogP contribution in [-0.2, 0) is 21.3 Å². The minimum absolute atomic E-state index is 0.0635. The Labute approximate surface area is 119 Å². The van der Waals surface area contributed by atoms with Gasteiger partial charge in [0.2, 0.25) is 0 Å². The molecule has 0 aliphatic rings. The van der Waals surface area contributed by atoms with Crippen molar-refractivity contribution in [3.8, 4) is 0 Å². The Morgan fingerprint density at radius 2 is 2.21 bits per heavy atom. The Hall–Kier alpha value is -0.630. The second-order valence-electron chi connectivity index (χ2n) is 3.97. The largest absolute Gasteiger partial charge is 0.380 e. The summed E-state index contributed by atoms with van der Waals surface area (Å²) >= 11 is 5.45. The quantitative estimate of drug-likeness (QED) is 0.548. The zero-order valence-electron chi connectivity index (χ0n) is 11.2. The SMILES string of the molecule is CCn1cc(S(=O)(=O)NCCCOCCCl)nc1C. The third kappa shape index (κ3) is 5.10. The number of nitrogens with one attached hydrogen (secondary N) is 1. The number of halogens is 1. The number of nitrogens with zero attached hydrogens (tertiary/aromatic N) is 2. The molecule has 1 rings (SSSR count). The summed E-state index contributed by atoms with van der Waals surface area (Å²) in [7, 11) is -3.53. The Balaban J connectivity index is 2.47. The van der Waals surface area contributed by atoms with E-state index in [0.29, 0.717) is 44.4 Å². The molecule has 1 heterocycles. The van der Waals surface area contributed by atoms with Crippen LogP contribution in [0.5, 0.6) is 0 Å². The predicted molar refractivity (Wildman–Crippen MR) is 74.0 cm³/mol. The molecule has 0 radical (unpaired) electrons. The van der Waals surface area contributed by atoms with Gasteiger partial charge in [-0.05, 0) is 20.3 Å². The van der Waals surface area contributed by atoms with Crippen molar-refractivity contribution >= 4 is 21.6 Å². The molecular weight excluding hydrogens is 290 g/mol. The molecule has 110 valence electrons. The number of sulfonamides is 1. The van der Waals surface area contributed by atoms with Crippen LogP contribution in [0.1, 0.15) is 19.2 Å². The Morgan fingerprint density at radius 3 is 2.79 bits per heavy atom. The van der Waals surface area contributed by atoms with Gasteiger partial charge in [-0.3, -0.25) is 0 Å². The maximum Gasteiger partial charge on any atom is 0.259 e. The molecule has 0 atom stereocenters. The van der Waals surface area contributed by atoms with Gasteiger partial charge in [-0.25, -0.2) is 18.1 Å². The Morgan fingerprint density at radius 1 is 1.47 bits per heavy atom. The lowest BCUT2D eigenvalue weighted by molar-refractivity contribution is 0.147. The van der Waals surface area contributed by atoms with Crippen molar-refractivity contribution in [2.75, 3.05) is 25.6 Å². The first-order valence-corrected chi connectivity index (χ1v) is 8.20. The minimum Gasteiger partial charge on any atom is -0.380 e. The highest BCUT2D eigenvalue weighted by Gasteiger charge is 2.17. The molecule has 0 aromatic carbocycles. The van der Waals surface area contributed by atoms with Gasteiger partial charge in [-0.1, -0.05) is 0 Å². The maximum absolute atomic E-state index is 12.0. The summed E-state index contributed by atoms with van der Waals surface area (Å²) in [5, 5.41) is 0.0635. The van der Waals surface area contributed by atoms with Crippen molar-refractivity contribution in [1.29, 1.82) is 0 Å². The molecule has 1 aromatic heterocycles. The van der Waals surface area contributed by atoms with Gasteiger partial charge in [0.1, 0.15) is 5.82 Å². The first-order valence-electron chi connectivity index (χ1n) is 6.18. The summed E-state index contributed by atoms with van der Waals surface area (Å²) in [6.45, 7) is 5.70. The summed E-state index contributed by atoms with van der Waals surface area (Å²) in [5.74, 6) is 1.13. The lowest BCUT2D eigenvalue weighted by Crippen LogP contribution is -2.26. The summed E-state index contributed by atoms with van der Waals surface area (Å²) in [5.41, 5.74) is 0. The van der Waals surface area contributed by atoms with E-state index in [-0.39, 0.29) is 5.03 Å². The van der Waals surface area contributed by atoms with Crippen molar-refractivity contribution in [2.45, 2.75) is 31.8 Å². The first-order chi connectivity index (χ1) is 9.01. The van der Waals surface area contributed by atoms with E-state index in [1.165, 1.54) is 0 Å². The first kappa shape index (κ1) is 16.4. The van der Waals surface area contributed by atoms with Crippen molar-refractivity contribution in [1.82, 2.24) is 14.3 Å². The fourth-order valence-electron chi connectivity index (χ4n) is 1.54. The van der Waals surface area contributed by atoms with Gasteiger partial charge in [0.15, 0.2) is 5.03 Å². The normalized spacial score (nSPS) is 11.9. The van der Waals surface area contributed by atoms with E-state index < -0.39 is 10.0 Å². The molecule has 1 aromatic rings. The molecule has 0 aliphatic carbocycles. The number of rotatable bonds is 9. The molecule has 0 unspecified atom stereocenters. The van der Waals surface area contributed by atoms with E-state index >= 15 is 0 Å². The summed E-state index contributed by atoms with van der Waals surface area (Å²) < 4.78 is 33.4. The Kier molecular flexibility index (Phi) is 6.78. The molecule has 0 saturated carbocycles. The van der Waals surface area contributed by atoms with Gasteiger partial charge in [-0.15, -0.1) is 11.6 Å². The van der Waals surface area contributed by atoms with Crippen molar-refractivity contribution < 1.29 is 13.2 Å². The minimum atomic E-state index is -3.53. The van der Waals surface area contributed by atoms with Crippen LogP contribution in [0.25, 0.3) is 0 Å². The molecule has 0 fully saturated rings. The molecule has 0 bridgehead atoms. The highest BCUT2D eigenvalue weighted by Crippen LogP contribution is 2.08. The van der Waals surface area contributed by atoms with Gasteiger partial charge in [0.25, 0.3) is 10.0 Å². The van der Waals surface area contributed by atoms with Gasteiger partial charge in [0.05, 0.1) is 6.61 Å². The predicted octanol–water partition coefficient (Wildman–Crippen LogP) is 1.14. The lowest BCUT2D eigenvalue weighted by atomic mass is 10.5. The van der Waals surface area contributed by atoms with Crippen LogP contribution < -0.4 is 4.72 Å². The fourth-order valence-corrected chi connectivity index (χ4v) is 2.73. The molecule has 8 heteroatoms. The van der Waals surface area contributed by atoms with Crippen molar-refractivity contribution in [3.05, 3.63) is 12.0 Å². The number of alkyl halides is 1. The number of imidazole rings is 1. The van der Waals surface area contributed by atoms with Gasteiger partial charge in [-0.2, -0.15) is 0 Å². The zero-order valence-corrected chi connectivity index (χ0v) is 12.8. The second-order valence-corrected chi connectivity index (χ2v) is 6.06. The van der Waals surface area contributed by atoms with E-state index in [1.54, 1.807) is 17.7 Å². The molecule has 0 spiro atoms. The number of aromatic nitrogens is 2. The van der Waals surface area contributed by atoms with E-state index in [0.717, 1.165) is 0 Å². The fraction of sp³-hybridized carbons (Fsp3) is 0.727. The van der Waals surface area contributed by atoms with E-state index in [4.69, 9.17) is 16.3 Å². The lowest BCUT2D eigenvalue weighted by Gasteiger charge is -2.04. The maximum atomic E-state index is 12.0. The van der Waals surface area contributed by atoms with Gasteiger partial charge in [0, 0.05) is 31.8 Å². The molecule has 19 heavy (non-hydrogen) atoms. The van der Waals surface area contributed by atoms with E-state index in [2.05, 4.69) is 9.71 Å². The average Bonchev–Trinajstić information content (AvgIpc) is 2.76. The van der Waals surface area contributed by atoms with Crippen LogP contribution in [-0.4, -0.2) is 43.6 Å². The third-order valence-electron chi connectivity index (χ3n) is 2.55. The zero-order chi connectivity index (χ0) is 14.3. The number of ether oxygens (including phenoxy) is 1. The summed E-state index contributed by atoms with van der Waals surface area (Å²) in [4.78, 5) is 4.05. The smallest absolute Gasteiger partial charge is 0.259 e. The number of aryl methyl sites for hydroxylation is 2. The van der Waals surface area contributed by atoms with Crippen molar-refractivity contribution in [3.63, 3.8) is 0 Å². The van der Waals surface area contributed by atoms with Crippen LogP contribution >= 0.6 is 11.6 Å². The monoisotopic (exact) mass is 309 g/mol. The molecule has 0 amide bonds. The van der Waals surface area contributed by atoms with E-state index in [1.807, 2.05) is 6.92 Å². The van der Waals surface area contributed by atoms with Crippen LogP contribution in [0.4, 0.5) is 0 Å². The van der Waals surface area contributed by atoms with Crippen molar-refractivity contribution in [2.24, 2.45) is 0 Å². The van der Waals surface area contributed by atoms with Gasteiger partial charge < -0.3 is 9.30 Å². The number of hydrogen-bond donors (Lipinski definition) is 1. The van der Waals surface area contributed by atoms with Crippen LogP contribution in [0, 0.1) is 6.92 Å². The van der Waals surface area contributed by atoms with Crippen LogP contribution in [0.15, 0.2) is 11.2 Å². The second kappa shape index (κ2) is 7.84. The highest BCUT2D eigenvalue weighted by atomic mass is 35.5. The highest BCUT2D eigenvalue weighted by molar-refractivity contribution is 7.89. The average molecular weight is 310 g/mol. The third-order valence-corrected chi connectivity index (χ3v) is 4.03. The van der Waals surface area contributed by atoms with Crippen LogP contribution in [0.3, 0.4) is 0 Å². The molecule has 6 nitrogen and oxygen atoms in total. The number of hydrogen-bond acceptors (Lipinski definition) is 4. The molecular formula is C11H20ClN3O3S.